The van der Waals surface area contributed by atoms with E-state index in [-0.39, 0.29) is 40.8 Å². The van der Waals surface area contributed by atoms with E-state index in [0.29, 0.717) is 39.1 Å². The molecule has 9 nitrogen and oxygen atoms in total. The summed E-state index contributed by atoms with van der Waals surface area (Å²) in [6.07, 6.45) is -1.82. The van der Waals surface area contributed by atoms with Crippen molar-refractivity contribution in [2.24, 2.45) is 0 Å². The van der Waals surface area contributed by atoms with Gasteiger partial charge in [-0.05, 0) is 23.8 Å². The van der Waals surface area contributed by atoms with Crippen LogP contribution in [-0.4, -0.2) is 31.6 Å². The molecule has 166 valence electrons. The Bertz CT molecular complexity index is 1540. The van der Waals surface area contributed by atoms with Crippen molar-refractivity contribution in [3.8, 4) is 51.4 Å². The van der Waals surface area contributed by atoms with E-state index in [1.165, 1.54) is 36.4 Å². The van der Waals surface area contributed by atoms with Crippen molar-refractivity contribution in [3.05, 3.63) is 64.0 Å². The molecular formula is C24H16O9. The summed E-state index contributed by atoms with van der Waals surface area (Å²) < 4.78 is 17.5. The van der Waals surface area contributed by atoms with Gasteiger partial charge in [-0.25, -0.2) is 4.79 Å². The number of benzene rings is 3. The molecule has 3 aromatic carbocycles. The van der Waals surface area contributed by atoms with Gasteiger partial charge in [0.15, 0.2) is 23.0 Å². The first-order valence-corrected chi connectivity index (χ1v) is 10.0. The number of ether oxygens (including phenoxy) is 2. The standard InChI is InChI=1S/C24H16O9/c25-13-2-1-9(3-14(13)26)23-17(29)5-12-19(32-23)8-20-22-11(6-21(30)33-24(12)22)10-4-15(27)16(28)7-18(10)31-20/h1-4,6-8,17,23,25-29H,5H2/t17-,23+/m0/s1. The van der Waals surface area contributed by atoms with Crippen LogP contribution in [0.4, 0.5) is 0 Å². The first-order chi connectivity index (χ1) is 15.8. The Morgan fingerprint density at radius 2 is 1.55 bits per heavy atom. The zero-order chi connectivity index (χ0) is 23.0. The van der Waals surface area contributed by atoms with Gasteiger partial charge in [0.1, 0.15) is 28.9 Å². The minimum absolute atomic E-state index is 0.0818. The van der Waals surface area contributed by atoms with Crippen molar-refractivity contribution in [3.63, 3.8) is 0 Å². The lowest BCUT2D eigenvalue weighted by atomic mass is 9.90. The summed E-state index contributed by atoms with van der Waals surface area (Å²) in [5.74, 6) is -0.520. The zero-order valence-electron chi connectivity index (χ0n) is 16.8. The van der Waals surface area contributed by atoms with Crippen molar-refractivity contribution < 1.29 is 39.4 Å². The molecular weight excluding hydrogens is 432 g/mol. The lowest BCUT2D eigenvalue weighted by Crippen LogP contribution is -2.30. The molecule has 0 amide bonds. The van der Waals surface area contributed by atoms with Gasteiger partial charge in [0.25, 0.3) is 0 Å². The molecule has 1 aromatic heterocycles. The van der Waals surface area contributed by atoms with E-state index in [4.69, 9.17) is 13.9 Å². The van der Waals surface area contributed by atoms with E-state index in [0.717, 1.165) is 0 Å². The summed E-state index contributed by atoms with van der Waals surface area (Å²) in [4.78, 5) is 12.4. The van der Waals surface area contributed by atoms with E-state index in [1.807, 2.05) is 0 Å². The molecule has 3 heterocycles. The van der Waals surface area contributed by atoms with Crippen molar-refractivity contribution in [1.29, 1.82) is 0 Å². The maximum atomic E-state index is 12.4. The Morgan fingerprint density at radius 3 is 2.33 bits per heavy atom. The van der Waals surface area contributed by atoms with Crippen LogP contribution in [0, 0.1) is 0 Å². The monoisotopic (exact) mass is 448 g/mol. The highest BCUT2D eigenvalue weighted by Crippen LogP contribution is 2.52. The van der Waals surface area contributed by atoms with Crippen LogP contribution in [0.15, 0.2) is 51.7 Å². The minimum atomic E-state index is -1.04. The molecule has 0 fully saturated rings. The van der Waals surface area contributed by atoms with Crippen molar-refractivity contribution in [2.75, 3.05) is 0 Å². The molecule has 0 radical (unpaired) electrons. The summed E-state index contributed by atoms with van der Waals surface area (Å²) in [6.45, 7) is 0. The number of rotatable bonds is 1. The largest absolute Gasteiger partial charge is 0.504 e. The lowest BCUT2D eigenvalue weighted by Gasteiger charge is -2.32. The van der Waals surface area contributed by atoms with Gasteiger partial charge in [0.05, 0.1) is 11.5 Å². The van der Waals surface area contributed by atoms with Gasteiger partial charge in [-0.2, -0.15) is 0 Å². The van der Waals surface area contributed by atoms with Crippen LogP contribution in [0.5, 0.6) is 40.2 Å². The number of hydrogen-bond donors (Lipinski definition) is 5. The first kappa shape index (κ1) is 19.3. The van der Waals surface area contributed by atoms with Gasteiger partial charge in [0.2, 0.25) is 0 Å². The number of phenols is 4. The summed E-state index contributed by atoms with van der Waals surface area (Å²) >= 11 is 0. The summed E-state index contributed by atoms with van der Waals surface area (Å²) in [6, 6.07) is 9.57. The predicted octanol–water partition coefficient (Wildman–Crippen LogP) is 3.43. The number of aromatic hydroxyl groups is 4. The third-order valence-electron chi connectivity index (χ3n) is 5.97. The number of hydrogen-bond acceptors (Lipinski definition) is 9. The number of phenolic OH excluding ortho intramolecular Hbond substituents is 4. The Morgan fingerprint density at radius 1 is 0.788 bits per heavy atom. The second-order valence-corrected chi connectivity index (χ2v) is 8.03. The van der Waals surface area contributed by atoms with Gasteiger partial charge in [-0.3, -0.25) is 0 Å². The van der Waals surface area contributed by atoms with Crippen LogP contribution in [0.3, 0.4) is 0 Å². The van der Waals surface area contributed by atoms with Crippen LogP contribution in [0.2, 0.25) is 0 Å². The molecule has 0 saturated carbocycles. The summed E-state index contributed by atoms with van der Waals surface area (Å²) in [5.41, 5.74) is 1.32. The highest BCUT2D eigenvalue weighted by Gasteiger charge is 2.35. The number of fused-ring (bicyclic) bond motifs is 4. The van der Waals surface area contributed by atoms with E-state index in [9.17, 15) is 30.3 Å². The number of aliphatic hydroxyl groups excluding tert-OH is 1. The Balaban J connectivity index is 1.56. The van der Waals surface area contributed by atoms with Crippen LogP contribution in [0.1, 0.15) is 17.2 Å². The molecule has 0 bridgehead atoms. The maximum absolute atomic E-state index is 12.4. The first-order valence-electron chi connectivity index (χ1n) is 10.0. The van der Waals surface area contributed by atoms with Gasteiger partial charge in [0, 0.05) is 41.3 Å². The third-order valence-corrected chi connectivity index (χ3v) is 5.97. The fraction of sp³-hybridized carbons (Fsp3) is 0.125. The summed E-state index contributed by atoms with van der Waals surface area (Å²) in [5, 5.41) is 50.6. The van der Waals surface area contributed by atoms with E-state index < -0.39 is 17.8 Å². The van der Waals surface area contributed by atoms with Crippen LogP contribution >= 0.6 is 0 Å². The fourth-order valence-electron chi connectivity index (χ4n) is 4.44. The second kappa shape index (κ2) is 6.57. The second-order valence-electron chi connectivity index (χ2n) is 8.03. The van der Waals surface area contributed by atoms with Gasteiger partial charge >= 0.3 is 5.63 Å². The van der Waals surface area contributed by atoms with Gasteiger partial charge in [-0.1, -0.05) is 6.07 Å². The average Bonchev–Trinajstić information content (AvgIpc) is 2.77. The molecule has 2 atom stereocenters. The molecule has 0 spiro atoms. The molecule has 33 heavy (non-hydrogen) atoms. The molecule has 4 aromatic rings. The molecule has 0 saturated heterocycles. The maximum Gasteiger partial charge on any atom is 0.336 e. The topological polar surface area (TPSA) is 150 Å². The zero-order valence-corrected chi connectivity index (χ0v) is 16.8. The Labute approximate surface area is 184 Å². The summed E-state index contributed by atoms with van der Waals surface area (Å²) in [7, 11) is 0. The molecule has 2 aliphatic heterocycles. The third kappa shape index (κ3) is 2.79. The van der Waals surface area contributed by atoms with Crippen LogP contribution < -0.4 is 15.1 Å². The normalized spacial score (nSPS) is 18.2. The van der Waals surface area contributed by atoms with Crippen LogP contribution in [-0.2, 0) is 6.42 Å². The van der Waals surface area contributed by atoms with E-state index >= 15 is 0 Å². The van der Waals surface area contributed by atoms with Crippen molar-refractivity contribution in [1.82, 2.24) is 0 Å². The van der Waals surface area contributed by atoms with E-state index in [2.05, 4.69) is 0 Å². The fourth-order valence-corrected chi connectivity index (χ4v) is 4.44. The van der Waals surface area contributed by atoms with E-state index in [1.54, 1.807) is 6.07 Å². The average molecular weight is 448 g/mol. The Hall–Kier alpha value is -4.37. The predicted molar refractivity (Wildman–Crippen MR) is 114 cm³/mol. The van der Waals surface area contributed by atoms with Gasteiger partial charge in [-0.15, -0.1) is 0 Å². The molecule has 0 aliphatic carbocycles. The van der Waals surface area contributed by atoms with Crippen molar-refractivity contribution in [2.45, 2.75) is 18.6 Å². The molecule has 0 unspecified atom stereocenters. The molecule has 9 heteroatoms. The van der Waals surface area contributed by atoms with Crippen LogP contribution in [0.25, 0.3) is 22.1 Å². The SMILES string of the molecule is O=c1cc2c3c(cc4c(c3o1)C[C@H](O)[C@@H](c1ccc(O)c(O)c1)O4)Oc1cc(O)c(O)cc1-2. The lowest BCUT2D eigenvalue weighted by molar-refractivity contribution is 0.0207. The Kier molecular flexibility index (Phi) is 3.84. The van der Waals surface area contributed by atoms with Gasteiger partial charge < -0.3 is 39.4 Å². The highest BCUT2D eigenvalue weighted by atomic mass is 16.5. The number of aliphatic hydroxyl groups is 1. The van der Waals surface area contributed by atoms with Crippen molar-refractivity contribution >= 4 is 11.0 Å². The minimum Gasteiger partial charge on any atom is -0.504 e. The molecule has 2 aliphatic rings. The molecule has 6 rings (SSSR count). The molecule has 5 N–H and O–H groups in total. The highest BCUT2D eigenvalue weighted by molar-refractivity contribution is 6.04. The quantitative estimate of drug-likeness (QED) is 0.192. The smallest absolute Gasteiger partial charge is 0.336 e.